The first-order chi connectivity index (χ1) is 17.3. The van der Waals surface area contributed by atoms with Crippen LogP contribution in [-0.4, -0.2) is 49.5 Å². The van der Waals surface area contributed by atoms with Crippen molar-refractivity contribution in [3.05, 3.63) is 57.9 Å². The van der Waals surface area contributed by atoms with E-state index in [2.05, 4.69) is 4.99 Å². The van der Waals surface area contributed by atoms with Crippen LogP contribution in [0, 0.1) is 0 Å². The molecule has 1 heterocycles. The summed E-state index contributed by atoms with van der Waals surface area (Å²) in [4.78, 5) is 18.1. The first-order valence-electron chi connectivity index (χ1n) is 12.4. The number of nitrogens with zero attached hydrogens (tertiary/aromatic N) is 3. The number of hydrogen-bond acceptors (Lipinski definition) is 5. The van der Waals surface area contributed by atoms with Crippen LogP contribution in [0.1, 0.15) is 56.8 Å². The van der Waals surface area contributed by atoms with Crippen molar-refractivity contribution in [1.82, 2.24) is 8.87 Å². The maximum Gasteiger partial charge on any atom is 0.279 e. The number of rotatable bonds is 13. The Morgan fingerprint density at radius 3 is 2.33 bits per heavy atom. The lowest BCUT2D eigenvalue weighted by Crippen LogP contribution is -2.33. The number of amides is 1. The number of benzene rings is 2. The molecule has 0 saturated heterocycles. The molecular weight excluding hydrogens is 518 g/mol. The predicted octanol–water partition coefficient (Wildman–Crippen LogP) is 5.72. The summed E-state index contributed by atoms with van der Waals surface area (Å²) in [6.07, 6.45) is 3.45. The van der Waals surface area contributed by atoms with E-state index in [1.807, 2.05) is 43.5 Å². The Kier molecular flexibility index (Phi) is 10.7. The highest BCUT2D eigenvalue weighted by atomic mass is 35.5. The standard InChI is InChI=1S/C26H34ClN3O4S2/c1-4-7-16-29(17-8-5-2)36(32,33)21-14-12-20(13-15-21)25(31)28-26-30(18-19-34-6-3)24-22(27)10-9-11-23(24)35-26/h9-15H,4-8,16-19H2,1-3H3. The second kappa shape index (κ2) is 13.5. The van der Waals surface area contributed by atoms with E-state index in [9.17, 15) is 13.2 Å². The highest BCUT2D eigenvalue weighted by molar-refractivity contribution is 7.89. The Morgan fingerprint density at radius 2 is 1.72 bits per heavy atom. The average Bonchev–Trinajstić information content (AvgIpc) is 3.22. The molecule has 0 unspecified atom stereocenters. The van der Waals surface area contributed by atoms with Crippen LogP contribution in [0.3, 0.4) is 0 Å². The fraction of sp³-hybridized carbons (Fsp3) is 0.462. The van der Waals surface area contributed by atoms with Gasteiger partial charge in [-0.2, -0.15) is 9.30 Å². The maximum absolute atomic E-state index is 13.2. The molecule has 1 amide bonds. The molecule has 7 nitrogen and oxygen atoms in total. The monoisotopic (exact) mass is 551 g/mol. The molecule has 0 aliphatic heterocycles. The number of halogens is 1. The number of sulfonamides is 1. The van der Waals surface area contributed by atoms with Crippen molar-refractivity contribution >= 4 is 49.1 Å². The first-order valence-corrected chi connectivity index (χ1v) is 15.0. The number of carbonyl (C=O) groups is 1. The second-order valence-corrected chi connectivity index (χ2v) is 11.7. The lowest BCUT2D eigenvalue weighted by Gasteiger charge is -2.22. The minimum Gasteiger partial charge on any atom is -0.380 e. The van der Waals surface area contributed by atoms with Gasteiger partial charge in [-0.05, 0) is 56.2 Å². The Bertz CT molecular complexity index is 1320. The van der Waals surface area contributed by atoms with Crippen molar-refractivity contribution in [3.63, 3.8) is 0 Å². The van der Waals surface area contributed by atoms with Crippen molar-refractivity contribution in [2.75, 3.05) is 26.3 Å². The van der Waals surface area contributed by atoms with E-state index in [-0.39, 0.29) is 4.90 Å². The SMILES string of the molecule is CCCCN(CCCC)S(=O)(=O)c1ccc(C(=O)N=c2sc3cccc(Cl)c3n2CCOCC)cc1. The number of ether oxygens (including phenoxy) is 1. The third-order valence-corrected chi connectivity index (χ3v) is 9.04. The molecule has 0 saturated carbocycles. The highest BCUT2D eigenvalue weighted by Gasteiger charge is 2.24. The molecule has 0 aliphatic rings. The summed E-state index contributed by atoms with van der Waals surface area (Å²) in [5.74, 6) is -0.444. The Hall–Kier alpha value is -2.04. The molecule has 0 fully saturated rings. The van der Waals surface area contributed by atoms with Crippen LogP contribution in [0.2, 0.25) is 5.02 Å². The molecule has 0 radical (unpaired) electrons. The lowest BCUT2D eigenvalue weighted by molar-refractivity contribution is 0.0996. The van der Waals surface area contributed by atoms with E-state index >= 15 is 0 Å². The van der Waals surface area contributed by atoms with E-state index < -0.39 is 15.9 Å². The molecule has 3 rings (SSSR count). The van der Waals surface area contributed by atoms with Crippen molar-refractivity contribution in [2.24, 2.45) is 4.99 Å². The maximum atomic E-state index is 13.2. The number of fused-ring (bicyclic) bond motifs is 1. The Morgan fingerprint density at radius 1 is 1.06 bits per heavy atom. The van der Waals surface area contributed by atoms with Gasteiger partial charge < -0.3 is 9.30 Å². The van der Waals surface area contributed by atoms with E-state index in [1.54, 1.807) is 4.31 Å². The number of hydrogen-bond donors (Lipinski definition) is 0. The number of carbonyl (C=O) groups excluding carboxylic acids is 1. The lowest BCUT2D eigenvalue weighted by atomic mass is 10.2. The Balaban J connectivity index is 1.91. The van der Waals surface area contributed by atoms with Gasteiger partial charge in [0.25, 0.3) is 5.91 Å². The molecule has 3 aromatic rings. The highest BCUT2D eigenvalue weighted by Crippen LogP contribution is 2.25. The van der Waals surface area contributed by atoms with Crippen LogP contribution in [0.15, 0.2) is 52.4 Å². The van der Waals surface area contributed by atoms with Crippen molar-refractivity contribution in [1.29, 1.82) is 0 Å². The molecule has 0 aliphatic carbocycles. The van der Waals surface area contributed by atoms with Crippen LogP contribution in [0.4, 0.5) is 0 Å². The minimum atomic E-state index is -3.63. The summed E-state index contributed by atoms with van der Waals surface area (Å²) >= 11 is 7.83. The third kappa shape index (κ3) is 6.83. The van der Waals surface area contributed by atoms with E-state index in [0.717, 1.165) is 35.9 Å². The van der Waals surface area contributed by atoms with E-state index in [1.165, 1.54) is 35.6 Å². The molecular formula is C26H34ClN3O4S2. The quantitative estimate of drug-likeness (QED) is 0.254. The fourth-order valence-corrected chi connectivity index (χ4v) is 6.70. The van der Waals surface area contributed by atoms with E-state index in [4.69, 9.17) is 16.3 Å². The molecule has 1 aromatic heterocycles. The summed E-state index contributed by atoms with van der Waals surface area (Å²) < 4.78 is 36.3. The molecule has 0 spiro atoms. The first kappa shape index (κ1) is 28.5. The largest absolute Gasteiger partial charge is 0.380 e. The molecule has 0 atom stereocenters. The van der Waals surface area contributed by atoms with Gasteiger partial charge in [0.1, 0.15) is 0 Å². The Labute approximate surface area is 222 Å². The van der Waals surface area contributed by atoms with Crippen molar-refractivity contribution in [2.45, 2.75) is 57.9 Å². The number of unbranched alkanes of at least 4 members (excludes halogenated alkanes) is 2. The molecule has 0 bridgehead atoms. The van der Waals surface area contributed by atoms with Gasteiger partial charge >= 0.3 is 0 Å². The van der Waals surface area contributed by atoms with Gasteiger partial charge in [0.2, 0.25) is 10.0 Å². The summed E-state index contributed by atoms with van der Waals surface area (Å²) in [6, 6.07) is 11.7. The normalized spacial score (nSPS) is 12.6. The van der Waals surface area contributed by atoms with Gasteiger partial charge in [-0.1, -0.05) is 55.7 Å². The average molecular weight is 552 g/mol. The van der Waals surface area contributed by atoms with Gasteiger partial charge in [0, 0.05) is 31.8 Å². The topological polar surface area (TPSA) is 81.0 Å². The molecule has 196 valence electrons. The number of para-hydroxylation sites is 1. The molecule has 36 heavy (non-hydrogen) atoms. The van der Waals surface area contributed by atoms with Gasteiger partial charge in [0.05, 0.1) is 26.7 Å². The summed E-state index contributed by atoms with van der Waals surface area (Å²) in [5, 5.41) is 0.583. The number of aromatic nitrogens is 1. The zero-order chi connectivity index (χ0) is 26.1. The van der Waals surface area contributed by atoms with E-state index in [0.29, 0.717) is 48.2 Å². The smallest absolute Gasteiger partial charge is 0.279 e. The summed E-state index contributed by atoms with van der Waals surface area (Å²) in [6.45, 7) is 8.55. The minimum absolute atomic E-state index is 0.187. The van der Waals surface area contributed by atoms with Crippen LogP contribution < -0.4 is 4.80 Å². The van der Waals surface area contributed by atoms with Gasteiger partial charge in [-0.3, -0.25) is 4.79 Å². The molecule has 10 heteroatoms. The van der Waals surface area contributed by atoms with Gasteiger partial charge in [0.15, 0.2) is 4.80 Å². The molecule has 0 N–H and O–H groups in total. The molecule has 2 aromatic carbocycles. The van der Waals surface area contributed by atoms with Gasteiger partial charge in [-0.25, -0.2) is 8.42 Å². The third-order valence-electron chi connectivity index (χ3n) is 5.77. The van der Waals surface area contributed by atoms with Crippen LogP contribution in [0.5, 0.6) is 0 Å². The van der Waals surface area contributed by atoms with Crippen molar-refractivity contribution in [3.8, 4) is 0 Å². The zero-order valence-corrected chi connectivity index (χ0v) is 23.5. The van der Waals surface area contributed by atoms with Crippen LogP contribution in [0.25, 0.3) is 10.2 Å². The van der Waals surface area contributed by atoms with Crippen LogP contribution in [-0.2, 0) is 21.3 Å². The zero-order valence-electron chi connectivity index (χ0n) is 21.1. The predicted molar refractivity (Wildman–Crippen MR) is 146 cm³/mol. The fourth-order valence-electron chi connectivity index (χ4n) is 3.77. The second-order valence-electron chi connectivity index (χ2n) is 8.37. The van der Waals surface area contributed by atoms with Crippen LogP contribution >= 0.6 is 22.9 Å². The summed E-state index contributed by atoms with van der Waals surface area (Å²) in [5.41, 5.74) is 1.14. The summed E-state index contributed by atoms with van der Waals surface area (Å²) in [7, 11) is -3.63. The van der Waals surface area contributed by atoms with Gasteiger partial charge in [-0.15, -0.1) is 0 Å². The van der Waals surface area contributed by atoms with Crippen molar-refractivity contribution < 1.29 is 17.9 Å². The number of thiazole rings is 1.